The van der Waals surface area contributed by atoms with Gasteiger partial charge < -0.3 is 9.80 Å². The number of carbonyl (C=O) groups is 1. The summed E-state index contributed by atoms with van der Waals surface area (Å²) in [7, 11) is 0. The number of hydrogen-bond donors (Lipinski definition) is 0. The van der Waals surface area contributed by atoms with E-state index in [0.717, 1.165) is 30.3 Å². The molecule has 1 amide bonds. The van der Waals surface area contributed by atoms with Crippen LogP contribution in [-0.2, 0) is 6.18 Å². The highest BCUT2D eigenvalue weighted by Crippen LogP contribution is 2.29. The van der Waals surface area contributed by atoms with Gasteiger partial charge in [-0.3, -0.25) is 4.79 Å². The second-order valence-electron chi connectivity index (χ2n) is 6.13. The second-order valence-corrected chi connectivity index (χ2v) is 6.13. The minimum absolute atomic E-state index is 0.181. The number of piperazine rings is 1. The van der Waals surface area contributed by atoms with E-state index in [1.165, 1.54) is 17.0 Å². The van der Waals surface area contributed by atoms with Crippen molar-refractivity contribution in [3.63, 3.8) is 0 Å². The molecule has 0 aliphatic carbocycles. The molecule has 0 N–H and O–H groups in total. The maximum Gasteiger partial charge on any atom is 0.416 e. The van der Waals surface area contributed by atoms with E-state index in [4.69, 9.17) is 5.26 Å². The molecule has 2 aromatic rings. The second kappa shape index (κ2) is 7.27. The first-order valence-corrected chi connectivity index (χ1v) is 8.21. The molecule has 1 fully saturated rings. The summed E-state index contributed by atoms with van der Waals surface area (Å²) >= 11 is 0. The molecule has 27 heavy (non-hydrogen) atoms. The molecule has 1 aliphatic heterocycles. The van der Waals surface area contributed by atoms with Crippen LogP contribution >= 0.6 is 0 Å². The first kappa shape index (κ1) is 18.7. The molecule has 0 saturated carbocycles. The largest absolute Gasteiger partial charge is 0.416 e. The first-order valence-electron chi connectivity index (χ1n) is 8.21. The molecule has 0 aromatic heterocycles. The number of carbonyl (C=O) groups excluding carboxylic acids is 1. The predicted molar refractivity (Wildman–Crippen MR) is 90.7 cm³/mol. The number of nitrogens with zero attached hydrogens (tertiary/aromatic N) is 3. The lowest BCUT2D eigenvalue weighted by atomic mass is 10.1. The summed E-state index contributed by atoms with van der Waals surface area (Å²) in [5.74, 6) is -0.861. The lowest BCUT2D eigenvalue weighted by Gasteiger charge is -2.36. The van der Waals surface area contributed by atoms with Gasteiger partial charge in [0.2, 0.25) is 0 Å². The fourth-order valence-corrected chi connectivity index (χ4v) is 2.97. The Morgan fingerprint density at radius 2 is 1.63 bits per heavy atom. The molecule has 0 atom stereocenters. The van der Waals surface area contributed by atoms with E-state index in [-0.39, 0.29) is 17.0 Å². The van der Waals surface area contributed by atoms with Crippen molar-refractivity contribution in [2.24, 2.45) is 0 Å². The van der Waals surface area contributed by atoms with Crippen LogP contribution in [0, 0.1) is 17.1 Å². The Morgan fingerprint density at radius 1 is 1.00 bits per heavy atom. The molecule has 0 bridgehead atoms. The van der Waals surface area contributed by atoms with Crippen LogP contribution < -0.4 is 4.90 Å². The average molecular weight is 377 g/mol. The number of halogens is 4. The minimum atomic E-state index is -4.45. The Hall–Kier alpha value is -3.08. The number of rotatable bonds is 2. The van der Waals surface area contributed by atoms with E-state index in [2.05, 4.69) is 0 Å². The van der Waals surface area contributed by atoms with Crippen molar-refractivity contribution in [3.05, 3.63) is 65.0 Å². The topological polar surface area (TPSA) is 47.3 Å². The summed E-state index contributed by atoms with van der Waals surface area (Å²) in [5, 5.41) is 8.79. The van der Waals surface area contributed by atoms with Crippen molar-refractivity contribution in [2.45, 2.75) is 6.18 Å². The van der Waals surface area contributed by atoms with E-state index in [1.807, 2.05) is 6.07 Å². The van der Waals surface area contributed by atoms with Crippen molar-refractivity contribution in [2.75, 3.05) is 31.1 Å². The number of nitriles is 1. The molecule has 1 saturated heterocycles. The fourth-order valence-electron chi connectivity index (χ4n) is 2.97. The standard InChI is InChI=1S/C19H15F4N3O/c20-16-11-13(12-24)1-6-17(16)25-7-9-26(10-8-25)18(27)14-2-4-15(5-3-14)19(21,22)23/h1-6,11H,7-10H2. The lowest BCUT2D eigenvalue weighted by molar-refractivity contribution is -0.137. The molecule has 8 heteroatoms. The Labute approximate surface area is 153 Å². The third kappa shape index (κ3) is 4.03. The molecule has 0 unspecified atom stereocenters. The highest BCUT2D eigenvalue weighted by molar-refractivity contribution is 5.94. The Morgan fingerprint density at radius 3 is 2.15 bits per heavy atom. The summed E-state index contributed by atoms with van der Waals surface area (Å²) in [4.78, 5) is 15.8. The summed E-state index contributed by atoms with van der Waals surface area (Å²) in [6.45, 7) is 1.41. The summed E-state index contributed by atoms with van der Waals surface area (Å²) < 4.78 is 51.9. The molecule has 0 spiro atoms. The zero-order valence-corrected chi connectivity index (χ0v) is 14.1. The SMILES string of the molecule is N#Cc1ccc(N2CCN(C(=O)c3ccc(C(F)(F)F)cc3)CC2)c(F)c1. The third-order valence-corrected chi connectivity index (χ3v) is 4.44. The van der Waals surface area contributed by atoms with Gasteiger partial charge >= 0.3 is 6.18 Å². The summed E-state index contributed by atoms with van der Waals surface area (Å²) in [5.41, 5.74) is -0.0378. The fraction of sp³-hybridized carbons (Fsp3) is 0.263. The Balaban J connectivity index is 1.65. The predicted octanol–water partition coefficient (Wildman–Crippen LogP) is 3.68. The van der Waals surface area contributed by atoms with Gasteiger partial charge in [0.05, 0.1) is 22.9 Å². The maximum atomic E-state index is 14.1. The number of anilines is 1. The van der Waals surface area contributed by atoms with Gasteiger partial charge in [0, 0.05) is 31.7 Å². The third-order valence-electron chi connectivity index (χ3n) is 4.44. The van der Waals surface area contributed by atoms with Crippen LogP contribution in [0.3, 0.4) is 0 Å². The van der Waals surface area contributed by atoms with Gasteiger partial charge in [-0.15, -0.1) is 0 Å². The Kier molecular flexibility index (Phi) is 5.04. The van der Waals surface area contributed by atoms with Crippen molar-refractivity contribution in [3.8, 4) is 6.07 Å². The van der Waals surface area contributed by atoms with Crippen LogP contribution in [0.1, 0.15) is 21.5 Å². The molecule has 1 aliphatic rings. The van der Waals surface area contributed by atoms with Gasteiger partial charge in [-0.1, -0.05) is 0 Å². The monoisotopic (exact) mass is 377 g/mol. The van der Waals surface area contributed by atoms with Gasteiger partial charge in [-0.25, -0.2) is 4.39 Å². The molecule has 3 rings (SSSR count). The summed E-state index contributed by atoms with van der Waals surface area (Å²) in [6, 6.07) is 10.2. The maximum absolute atomic E-state index is 14.1. The molecule has 2 aromatic carbocycles. The number of benzene rings is 2. The van der Waals surface area contributed by atoms with Gasteiger partial charge in [0.25, 0.3) is 5.91 Å². The van der Waals surface area contributed by atoms with Crippen molar-refractivity contribution in [1.82, 2.24) is 4.90 Å². The Bertz CT molecular complexity index is 879. The minimum Gasteiger partial charge on any atom is -0.366 e. The van der Waals surface area contributed by atoms with E-state index < -0.39 is 17.6 Å². The van der Waals surface area contributed by atoms with Gasteiger partial charge in [-0.2, -0.15) is 18.4 Å². The summed E-state index contributed by atoms with van der Waals surface area (Å²) in [6.07, 6.45) is -4.45. The smallest absolute Gasteiger partial charge is 0.366 e. The molecular weight excluding hydrogens is 362 g/mol. The van der Waals surface area contributed by atoms with Gasteiger partial charge in [-0.05, 0) is 42.5 Å². The van der Waals surface area contributed by atoms with Crippen LogP contribution in [0.25, 0.3) is 0 Å². The molecule has 0 radical (unpaired) electrons. The zero-order chi connectivity index (χ0) is 19.6. The van der Waals surface area contributed by atoms with Crippen molar-refractivity contribution < 1.29 is 22.4 Å². The van der Waals surface area contributed by atoms with Crippen LogP contribution in [0.4, 0.5) is 23.2 Å². The number of amides is 1. The van der Waals surface area contributed by atoms with Gasteiger partial charge in [0.15, 0.2) is 0 Å². The number of alkyl halides is 3. The van der Waals surface area contributed by atoms with Crippen LogP contribution in [0.5, 0.6) is 0 Å². The van der Waals surface area contributed by atoms with Crippen molar-refractivity contribution in [1.29, 1.82) is 5.26 Å². The quantitative estimate of drug-likeness (QED) is 0.751. The van der Waals surface area contributed by atoms with E-state index in [1.54, 1.807) is 4.90 Å². The molecule has 1 heterocycles. The van der Waals surface area contributed by atoms with Crippen LogP contribution in [0.2, 0.25) is 0 Å². The van der Waals surface area contributed by atoms with Crippen molar-refractivity contribution >= 4 is 11.6 Å². The van der Waals surface area contributed by atoms with E-state index in [9.17, 15) is 22.4 Å². The van der Waals surface area contributed by atoms with E-state index >= 15 is 0 Å². The highest BCUT2D eigenvalue weighted by Gasteiger charge is 2.31. The van der Waals surface area contributed by atoms with Gasteiger partial charge in [0.1, 0.15) is 5.82 Å². The van der Waals surface area contributed by atoms with E-state index in [0.29, 0.717) is 31.9 Å². The highest BCUT2D eigenvalue weighted by atomic mass is 19.4. The van der Waals surface area contributed by atoms with Crippen LogP contribution in [0.15, 0.2) is 42.5 Å². The van der Waals surface area contributed by atoms with Crippen LogP contribution in [-0.4, -0.2) is 37.0 Å². The normalized spacial score (nSPS) is 14.8. The first-order chi connectivity index (χ1) is 12.8. The molecule has 4 nitrogen and oxygen atoms in total. The number of hydrogen-bond acceptors (Lipinski definition) is 3. The molecular formula is C19H15F4N3O. The zero-order valence-electron chi connectivity index (χ0n) is 14.1. The lowest BCUT2D eigenvalue weighted by Crippen LogP contribution is -2.49. The average Bonchev–Trinajstić information content (AvgIpc) is 2.67. The molecule has 140 valence electrons.